The van der Waals surface area contributed by atoms with Gasteiger partial charge in [-0.3, -0.25) is 9.88 Å². The van der Waals surface area contributed by atoms with Crippen LogP contribution in [0.4, 0.5) is 0 Å². The van der Waals surface area contributed by atoms with Gasteiger partial charge in [-0.25, -0.2) is 0 Å². The molecule has 0 amide bonds. The first-order chi connectivity index (χ1) is 8.24. The van der Waals surface area contributed by atoms with Crippen molar-refractivity contribution in [3.63, 3.8) is 0 Å². The lowest BCUT2D eigenvalue weighted by atomic mass is 10.0. The molecule has 1 fully saturated rings. The molecule has 17 heavy (non-hydrogen) atoms. The summed E-state index contributed by atoms with van der Waals surface area (Å²) in [5, 5.41) is 0. The molecule has 2 rings (SSSR count). The Hall–Kier alpha value is -0.930. The molecule has 94 valence electrons. The third kappa shape index (κ3) is 3.05. The Balaban J connectivity index is 2.20. The molecule has 3 nitrogen and oxygen atoms in total. The van der Waals surface area contributed by atoms with Gasteiger partial charge in [-0.15, -0.1) is 0 Å². The molecular weight excluding hydrogens is 210 g/mol. The Morgan fingerprint density at radius 2 is 2.29 bits per heavy atom. The van der Waals surface area contributed by atoms with Gasteiger partial charge in [-0.2, -0.15) is 0 Å². The number of nitrogens with zero attached hydrogens (tertiary/aromatic N) is 2. The summed E-state index contributed by atoms with van der Waals surface area (Å²) in [4.78, 5) is 6.80. The summed E-state index contributed by atoms with van der Waals surface area (Å²) < 4.78 is 0. The maximum absolute atomic E-state index is 6.20. The van der Waals surface area contributed by atoms with E-state index in [1.807, 2.05) is 18.5 Å². The summed E-state index contributed by atoms with van der Waals surface area (Å²) in [5.41, 5.74) is 7.45. The quantitative estimate of drug-likeness (QED) is 0.820. The SMILES string of the molecule is CCCN(C1CC1)C(c1cccnc1)C(C)N. The van der Waals surface area contributed by atoms with E-state index in [2.05, 4.69) is 29.8 Å². The molecular formula is C14H23N3. The summed E-state index contributed by atoms with van der Waals surface area (Å²) in [6.45, 7) is 5.46. The Kier molecular flexibility index (Phi) is 4.13. The van der Waals surface area contributed by atoms with Crippen LogP contribution in [0.5, 0.6) is 0 Å². The predicted molar refractivity (Wildman–Crippen MR) is 70.6 cm³/mol. The van der Waals surface area contributed by atoms with Gasteiger partial charge in [0.2, 0.25) is 0 Å². The van der Waals surface area contributed by atoms with Crippen molar-refractivity contribution in [3.05, 3.63) is 30.1 Å². The van der Waals surface area contributed by atoms with E-state index in [4.69, 9.17) is 5.73 Å². The average molecular weight is 233 g/mol. The van der Waals surface area contributed by atoms with Gasteiger partial charge < -0.3 is 5.73 Å². The minimum Gasteiger partial charge on any atom is -0.326 e. The number of rotatable bonds is 6. The summed E-state index contributed by atoms with van der Waals surface area (Å²) in [6.07, 6.45) is 7.61. The van der Waals surface area contributed by atoms with Crippen molar-refractivity contribution >= 4 is 0 Å². The van der Waals surface area contributed by atoms with Crippen LogP contribution in [0, 0.1) is 0 Å². The molecule has 1 aromatic heterocycles. The normalized spacial score (nSPS) is 19.3. The molecule has 1 saturated carbocycles. The van der Waals surface area contributed by atoms with Crippen LogP contribution >= 0.6 is 0 Å². The van der Waals surface area contributed by atoms with Crippen molar-refractivity contribution in [1.29, 1.82) is 0 Å². The minimum absolute atomic E-state index is 0.145. The van der Waals surface area contributed by atoms with Gasteiger partial charge in [0.15, 0.2) is 0 Å². The lowest BCUT2D eigenvalue weighted by Gasteiger charge is -2.34. The smallest absolute Gasteiger partial charge is 0.0514 e. The zero-order valence-corrected chi connectivity index (χ0v) is 10.8. The van der Waals surface area contributed by atoms with E-state index in [0.29, 0.717) is 6.04 Å². The molecule has 0 saturated heterocycles. The van der Waals surface area contributed by atoms with E-state index in [1.165, 1.54) is 24.8 Å². The van der Waals surface area contributed by atoms with Crippen molar-refractivity contribution in [2.75, 3.05) is 6.54 Å². The molecule has 3 heteroatoms. The van der Waals surface area contributed by atoms with E-state index in [1.54, 1.807) is 0 Å². The lowest BCUT2D eigenvalue weighted by molar-refractivity contribution is 0.166. The first kappa shape index (κ1) is 12.5. The maximum atomic E-state index is 6.20. The third-order valence-corrected chi connectivity index (χ3v) is 3.38. The van der Waals surface area contributed by atoms with Crippen molar-refractivity contribution in [2.45, 2.75) is 51.2 Å². The first-order valence-electron chi connectivity index (χ1n) is 6.65. The van der Waals surface area contributed by atoms with Gasteiger partial charge in [-0.05, 0) is 44.4 Å². The molecule has 0 aliphatic heterocycles. The molecule has 2 unspecified atom stereocenters. The standard InChI is InChI=1S/C14H23N3/c1-3-9-17(13-6-7-13)14(11(2)15)12-5-4-8-16-10-12/h4-5,8,10-11,13-14H,3,6-7,9,15H2,1-2H3. The first-order valence-corrected chi connectivity index (χ1v) is 6.65. The fourth-order valence-corrected chi connectivity index (χ4v) is 2.56. The highest BCUT2D eigenvalue weighted by molar-refractivity contribution is 5.17. The molecule has 0 radical (unpaired) electrons. The Labute approximate surface area is 104 Å². The summed E-state index contributed by atoms with van der Waals surface area (Å²) in [7, 11) is 0. The average Bonchev–Trinajstić information content (AvgIpc) is 3.13. The molecule has 1 aliphatic rings. The maximum Gasteiger partial charge on any atom is 0.0514 e. The number of hydrogen-bond acceptors (Lipinski definition) is 3. The Morgan fingerprint density at radius 3 is 2.76 bits per heavy atom. The van der Waals surface area contributed by atoms with Crippen LogP contribution < -0.4 is 5.73 Å². The Bertz CT molecular complexity index is 333. The topological polar surface area (TPSA) is 42.2 Å². The summed E-state index contributed by atoms with van der Waals surface area (Å²) in [6, 6.07) is 5.35. The van der Waals surface area contributed by atoms with Gasteiger partial charge in [-0.1, -0.05) is 13.0 Å². The lowest BCUT2D eigenvalue weighted by Crippen LogP contribution is -2.41. The highest BCUT2D eigenvalue weighted by atomic mass is 15.2. The fraction of sp³-hybridized carbons (Fsp3) is 0.643. The monoisotopic (exact) mass is 233 g/mol. The van der Waals surface area contributed by atoms with Gasteiger partial charge in [0.05, 0.1) is 6.04 Å². The van der Waals surface area contributed by atoms with Gasteiger partial charge in [0.25, 0.3) is 0 Å². The van der Waals surface area contributed by atoms with Crippen molar-refractivity contribution in [3.8, 4) is 0 Å². The molecule has 1 heterocycles. The molecule has 2 N–H and O–H groups in total. The molecule has 0 bridgehead atoms. The number of hydrogen-bond donors (Lipinski definition) is 1. The van der Waals surface area contributed by atoms with E-state index in [0.717, 1.165) is 12.6 Å². The number of pyridine rings is 1. The van der Waals surface area contributed by atoms with Crippen molar-refractivity contribution < 1.29 is 0 Å². The van der Waals surface area contributed by atoms with Gasteiger partial charge in [0, 0.05) is 24.5 Å². The second kappa shape index (κ2) is 5.61. The second-order valence-corrected chi connectivity index (χ2v) is 5.06. The summed E-state index contributed by atoms with van der Waals surface area (Å²) in [5.74, 6) is 0. The molecule has 1 aromatic rings. The zero-order chi connectivity index (χ0) is 12.3. The van der Waals surface area contributed by atoms with Crippen LogP contribution in [0.25, 0.3) is 0 Å². The van der Waals surface area contributed by atoms with E-state index >= 15 is 0 Å². The highest BCUT2D eigenvalue weighted by Crippen LogP contribution is 2.35. The van der Waals surface area contributed by atoms with Gasteiger partial charge >= 0.3 is 0 Å². The van der Waals surface area contributed by atoms with E-state index < -0.39 is 0 Å². The summed E-state index contributed by atoms with van der Waals surface area (Å²) >= 11 is 0. The Morgan fingerprint density at radius 1 is 1.53 bits per heavy atom. The van der Waals surface area contributed by atoms with Crippen LogP contribution in [0.3, 0.4) is 0 Å². The predicted octanol–water partition coefficient (Wildman–Crippen LogP) is 2.34. The van der Waals surface area contributed by atoms with E-state index in [-0.39, 0.29) is 6.04 Å². The van der Waals surface area contributed by atoms with Crippen molar-refractivity contribution in [2.24, 2.45) is 5.73 Å². The minimum atomic E-state index is 0.145. The zero-order valence-electron chi connectivity index (χ0n) is 10.8. The molecule has 0 spiro atoms. The molecule has 0 aromatic carbocycles. The van der Waals surface area contributed by atoms with Crippen LogP contribution in [0.15, 0.2) is 24.5 Å². The van der Waals surface area contributed by atoms with E-state index in [9.17, 15) is 0 Å². The highest BCUT2D eigenvalue weighted by Gasteiger charge is 2.35. The van der Waals surface area contributed by atoms with Crippen LogP contribution in [0.1, 0.15) is 44.7 Å². The number of aromatic nitrogens is 1. The fourth-order valence-electron chi connectivity index (χ4n) is 2.56. The second-order valence-electron chi connectivity index (χ2n) is 5.06. The van der Waals surface area contributed by atoms with Crippen LogP contribution in [0.2, 0.25) is 0 Å². The largest absolute Gasteiger partial charge is 0.326 e. The van der Waals surface area contributed by atoms with Gasteiger partial charge in [0.1, 0.15) is 0 Å². The van der Waals surface area contributed by atoms with Crippen LogP contribution in [-0.4, -0.2) is 28.5 Å². The molecule has 1 aliphatic carbocycles. The number of nitrogens with two attached hydrogens (primary N) is 1. The van der Waals surface area contributed by atoms with Crippen molar-refractivity contribution in [1.82, 2.24) is 9.88 Å². The molecule has 2 atom stereocenters. The van der Waals surface area contributed by atoms with Crippen LogP contribution in [-0.2, 0) is 0 Å². The third-order valence-electron chi connectivity index (χ3n) is 3.38.